The monoisotopic (exact) mass is 309 g/mol. The van der Waals surface area contributed by atoms with E-state index < -0.39 is 44.5 Å². The van der Waals surface area contributed by atoms with Crippen molar-refractivity contribution in [3.05, 3.63) is 29.6 Å². The summed E-state index contributed by atoms with van der Waals surface area (Å²) in [7, 11) is -4.35. The van der Waals surface area contributed by atoms with Gasteiger partial charge in [0.2, 0.25) is 10.0 Å². The van der Waals surface area contributed by atoms with Crippen LogP contribution in [0.5, 0.6) is 0 Å². The molecule has 1 aromatic rings. The van der Waals surface area contributed by atoms with Gasteiger partial charge in [0, 0.05) is 6.04 Å². The first-order valence-electron chi connectivity index (χ1n) is 6.17. The number of nitrogens with one attached hydrogen (secondary N) is 1. The highest BCUT2D eigenvalue weighted by atomic mass is 32.2. The molecule has 0 aromatic heterocycles. The molecule has 0 aliphatic heterocycles. The zero-order chi connectivity index (χ0) is 14.9. The Balaban J connectivity index is 2.29. The van der Waals surface area contributed by atoms with Crippen LogP contribution in [-0.4, -0.2) is 25.7 Å². The van der Waals surface area contributed by atoms with E-state index in [4.69, 9.17) is 0 Å². The Bertz CT molecular complexity index is 606. The fourth-order valence-corrected chi connectivity index (χ4v) is 3.60. The smallest absolute Gasteiger partial charge is 0.243 e. The average molecular weight is 309 g/mol. The van der Waals surface area contributed by atoms with E-state index in [9.17, 15) is 26.7 Å². The molecule has 0 radical (unpaired) electrons. The van der Waals surface area contributed by atoms with Crippen LogP contribution in [0.1, 0.15) is 25.7 Å². The Morgan fingerprint density at radius 3 is 2.40 bits per heavy atom. The third kappa shape index (κ3) is 2.97. The highest BCUT2D eigenvalue weighted by Crippen LogP contribution is 2.23. The van der Waals surface area contributed by atoms with Crippen molar-refractivity contribution in [2.75, 3.05) is 0 Å². The lowest BCUT2D eigenvalue weighted by atomic mass is 9.93. The van der Waals surface area contributed by atoms with Gasteiger partial charge < -0.3 is 5.11 Å². The van der Waals surface area contributed by atoms with Crippen molar-refractivity contribution in [1.29, 1.82) is 0 Å². The van der Waals surface area contributed by atoms with Crippen molar-refractivity contribution >= 4 is 10.0 Å². The van der Waals surface area contributed by atoms with Crippen LogP contribution in [0.25, 0.3) is 0 Å². The maximum atomic E-state index is 13.5. The van der Waals surface area contributed by atoms with Crippen LogP contribution in [0.2, 0.25) is 0 Å². The molecule has 0 heterocycles. The number of hydrogen-bond acceptors (Lipinski definition) is 3. The molecule has 4 nitrogen and oxygen atoms in total. The van der Waals surface area contributed by atoms with Crippen LogP contribution in [0, 0.1) is 17.5 Å². The van der Waals surface area contributed by atoms with Gasteiger partial charge in [-0.15, -0.1) is 0 Å². The van der Waals surface area contributed by atoms with Crippen LogP contribution < -0.4 is 4.72 Å². The summed E-state index contributed by atoms with van der Waals surface area (Å²) in [5, 5.41) is 9.69. The van der Waals surface area contributed by atoms with Crippen molar-refractivity contribution in [3.8, 4) is 0 Å². The number of hydrogen-bond donors (Lipinski definition) is 2. The molecule has 1 aliphatic rings. The minimum Gasteiger partial charge on any atom is -0.391 e. The predicted octanol–water partition coefficient (Wildman–Crippen LogP) is 1.69. The molecule has 0 amide bonds. The number of benzene rings is 1. The summed E-state index contributed by atoms with van der Waals surface area (Å²) < 4.78 is 65.5. The molecule has 112 valence electrons. The second-order valence-corrected chi connectivity index (χ2v) is 6.44. The van der Waals surface area contributed by atoms with Crippen LogP contribution in [0.3, 0.4) is 0 Å². The Hall–Kier alpha value is -1.12. The minimum absolute atomic E-state index is 0.408. The third-order valence-corrected chi connectivity index (χ3v) is 4.83. The van der Waals surface area contributed by atoms with Gasteiger partial charge in [-0.3, -0.25) is 0 Å². The molecule has 20 heavy (non-hydrogen) atoms. The SMILES string of the molecule is O=S(=O)(N[C@H]1CCCC[C@@H]1O)c1ccc(F)c(F)c1F. The Morgan fingerprint density at radius 1 is 1.10 bits per heavy atom. The summed E-state index contributed by atoms with van der Waals surface area (Å²) in [6.07, 6.45) is 1.48. The minimum atomic E-state index is -4.35. The highest BCUT2D eigenvalue weighted by molar-refractivity contribution is 7.89. The molecular weight excluding hydrogens is 295 g/mol. The summed E-state index contributed by atoms with van der Waals surface area (Å²) in [5.41, 5.74) is 0. The summed E-state index contributed by atoms with van der Waals surface area (Å²) in [4.78, 5) is -0.964. The van der Waals surface area contributed by atoms with Crippen LogP contribution in [-0.2, 0) is 10.0 Å². The molecule has 2 rings (SSSR count). The zero-order valence-corrected chi connectivity index (χ0v) is 11.3. The maximum Gasteiger partial charge on any atom is 0.243 e. The summed E-state index contributed by atoms with van der Waals surface area (Å²) >= 11 is 0. The van der Waals surface area contributed by atoms with E-state index in [0.29, 0.717) is 25.0 Å². The summed E-state index contributed by atoms with van der Waals surface area (Å²) in [6, 6.07) is 0.455. The largest absolute Gasteiger partial charge is 0.391 e. The summed E-state index contributed by atoms with van der Waals surface area (Å²) in [6.45, 7) is 0. The van der Waals surface area contributed by atoms with Crippen molar-refractivity contribution in [1.82, 2.24) is 4.72 Å². The first kappa shape index (κ1) is 15.3. The fourth-order valence-electron chi connectivity index (χ4n) is 2.23. The van der Waals surface area contributed by atoms with Gasteiger partial charge in [-0.1, -0.05) is 12.8 Å². The van der Waals surface area contributed by atoms with Gasteiger partial charge in [0.15, 0.2) is 17.5 Å². The first-order chi connectivity index (χ1) is 9.33. The van der Waals surface area contributed by atoms with Gasteiger partial charge in [-0.25, -0.2) is 26.3 Å². The fraction of sp³-hybridized carbons (Fsp3) is 0.500. The molecule has 1 aromatic carbocycles. The normalized spacial score (nSPS) is 23.8. The zero-order valence-electron chi connectivity index (χ0n) is 10.4. The Labute approximate surface area is 114 Å². The molecule has 1 saturated carbocycles. The lowest BCUT2D eigenvalue weighted by molar-refractivity contribution is 0.101. The van der Waals surface area contributed by atoms with Gasteiger partial charge >= 0.3 is 0 Å². The number of aliphatic hydroxyl groups excluding tert-OH is 1. The van der Waals surface area contributed by atoms with Crippen molar-refractivity contribution in [2.24, 2.45) is 0 Å². The number of sulfonamides is 1. The molecule has 2 N–H and O–H groups in total. The van der Waals surface area contributed by atoms with Gasteiger partial charge in [0.05, 0.1) is 6.10 Å². The molecule has 1 fully saturated rings. The van der Waals surface area contributed by atoms with Crippen molar-refractivity contribution < 1.29 is 26.7 Å². The van der Waals surface area contributed by atoms with Crippen molar-refractivity contribution in [3.63, 3.8) is 0 Å². The standard InChI is InChI=1S/C12H14F3NO3S/c13-7-5-6-10(12(15)11(7)14)20(18,19)16-8-3-1-2-4-9(8)17/h5-6,8-9,16-17H,1-4H2/t8-,9-/m0/s1. The Kier molecular flexibility index (Phi) is 4.36. The topological polar surface area (TPSA) is 66.4 Å². The van der Waals surface area contributed by atoms with E-state index in [2.05, 4.69) is 4.72 Å². The summed E-state index contributed by atoms with van der Waals surface area (Å²) in [5.74, 6) is -5.06. The molecule has 2 atom stereocenters. The van der Waals surface area contributed by atoms with E-state index in [1.165, 1.54) is 0 Å². The molecule has 0 saturated heterocycles. The second kappa shape index (κ2) is 5.71. The number of halogens is 3. The number of aliphatic hydroxyl groups is 1. The lowest BCUT2D eigenvalue weighted by Crippen LogP contribution is -2.45. The molecule has 0 unspecified atom stereocenters. The first-order valence-corrected chi connectivity index (χ1v) is 7.65. The van der Waals surface area contributed by atoms with E-state index in [0.717, 1.165) is 12.8 Å². The van der Waals surface area contributed by atoms with Gasteiger partial charge in [-0.2, -0.15) is 0 Å². The van der Waals surface area contributed by atoms with E-state index in [-0.39, 0.29) is 0 Å². The van der Waals surface area contributed by atoms with Crippen LogP contribution >= 0.6 is 0 Å². The molecule has 0 bridgehead atoms. The third-order valence-electron chi connectivity index (χ3n) is 3.33. The Morgan fingerprint density at radius 2 is 1.75 bits per heavy atom. The molecule has 8 heteroatoms. The van der Waals surface area contributed by atoms with Crippen LogP contribution in [0.4, 0.5) is 13.2 Å². The quantitative estimate of drug-likeness (QED) is 0.835. The highest BCUT2D eigenvalue weighted by Gasteiger charge is 2.30. The molecule has 0 spiro atoms. The van der Waals surface area contributed by atoms with Gasteiger partial charge in [-0.05, 0) is 25.0 Å². The van der Waals surface area contributed by atoms with Gasteiger partial charge in [0.25, 0.3) is 0 Å². The van der Waals surface area contributed by atoms with E-state index >= 15 is 0 Å². The molecular formula is C12H14F3NO3S. The molecule has 1 aliphatic carbocycles. The predicted molar refractivity (Wildman–Crippen MR) is 64.9 cm³/mol. The van der Waals surface area contributed by atoms with E-state index in [1.807, 2.05) is 0 Å². The average Bonchev–Trinajstić information content (AvgIpc) is 2.38. The van der Waals surface area contributed by atoms with Crippen LogP contribution in [0.15, 0.2) is 17.0 Å². The lowest BCUT2D eigenvalue weighted by Gasteiger charge is -2.28. The number of rotatable bonds is 3. The van der Waals surface area contributed by atoms with Gasteiger partial charge in [0.1, 0.15) is 4.90 Å². The van der Waals surface area contributed by atoms with E-state index in [1.54, 1.807) is 0 Å². The second-order valence-electron chi connectivity index (χ2n) is 4.75. The van der Waals surface area contributed by atoms with Crippen molar-refractivity contribution in [2.45, 2.75) is 42.7 Å². The maximum absolute atomic E-state index is 13.5.